The number of ether oxygens (including phenoxy) is 2. The minimum atomic E-state index is -0.0371. The fraction of sp³-hybridized carbons (Fsp3) is 0.364. The van der Waals surface area contributed by atoms with Gasteiger partial charge in [0.15, 0.2) is 11.5 Å². The highest BCUT2D eigenvalue weighted by atomic mass is 16.5. The van der Waals surface area contributed by atoms with Crippen molar-refractivity contribution in [2.75, 3.05) is 20.8 Å². The van der Waals surface area contributed by atoms with Crippen LogP contribution < -0.4 is 14.8 Å². The Morgan fingerprint density at radius 3 is 2.60 bits per heavy atom. The van der Waals surface area contributed by atoms with Crippen molar-refractivity contribution in [3.63, 3.8) is 0 Å². The molecule has 4 nitrogen and oxygen atoms in total. The van der Waals surface area contributed by atoms with Crippen molar-refractivity contribution in [2.24, 2.45) is 0 Å². The number of carbonyl (C=O) groups is 1. The van der Waals surface area contributed by atoms with Crippen LogP contribution in [0.2, 0.25) is 0 Å². The first-order chi connectivity index (χ1) is 7.27. The van der Waals surface area contributed by atoms with Gasteiger partial charge in [0.2, 0.25) is 5.91 Å². The van der Waals surface area contributed by atoms with E-state index in [2.05, 4.69) is 5.32 Å². The third-order valence-electron chi connectivity index (χ3n) is 1.93. The van der Waals surface area contributed by atoms with Crippen molar-refractivity contribution in [3.05, 3.63) is 24.3 Å². The molecule has 0 saturated carbocycles. The summed E-state index contributed by atoms with van der Waals surface area (Å²) in [7, 11) is 3.19. The van der Waals surface area contributed by atoms with Crippen LogP contribution in [0.3, 0.4) is 0 Å². The molecule has 0 atom stereocenters. The zero-order chi connectivity index (χ0) is 11.1. The zero-order valence-electron chi connectivity index (χ0n) is 8.95. The molecule has 0 saturated heterocycles. The van der Waals surface area contributed by atoms with E-state index in [1.807, 2.05) is 24.3 Å². The summed E-state index contributed by atoms with van der Waals surface area (Å²) < 4.78 is 10.5. The van der Waals surface area contributed by atoms with Gasteiger partial charge in [0.1, 0.15) is 0 Å². The van der Waals surface area contributed by atoms with Crippen molar-refractivity contribution in [1.82, 2.24) is 5.32 Å². The van der Waals surface area contributed by atoms with Crippen molar-refractivity contribution >= 4 is 5.91 Å². The standard InChI is InChI=1S/C11H15NO3/c1-12-11(13)7-8-15-10-6-4-3-5-9(10)14-2/h3-6H,7-8H2,1-2H3,(H,12,13). The first-order valence-electron chi connectivity index (χ1n) is 4.74. The van der Waals surface area contributed by atoms with E-state index in [0.29, 0.717) is 24.5 Å². The topological polar surface area (TPSA) is 47.6 Å². The Labute approximate surface area is 89.2 Å². The van der Waals surface area contributed by atoms with Crippen LogP contribution >= 0.6 is 0 Å². The number of hydrogen-bond donors (Lipinski definition) is 1. The Morgan fingerprint density at radius 1 is 1.33 bits per heavy atom. The molecule has 0 aliphatic heterocycles. The Hall–Kier alpha value is -1.71. The summed E-state index contributed by atoms with van der Waals surface area (Å²) >= 11 is 0. The lowest BCUT2D eigenvalue weighted by Crippen LogP contribution is -2.20. The van der Waals surface area contributed by atoms with Crippen LogP contribution in [0.4, 0.5) is 0 Å². The van der Waals surface area contributed by atoms with Gasteiger partial charge in [-0.15, -0.1) is 0 Å². The van der Waals surface area contributed by atoms with Gasteiger partial charge in [0.05, 0.1) is 20.1 Å². The predicted molar refractivity (Wildman–Crippen MR) is 57.2 cm³/mol. The second-order valence-corrected chi connectivity index (χ2v) is 2.92. The molecule has 0 unspecified atom stereocenters. The maximum atomic E-state index is 10.9. The lowest BCUT2D eigenvalue weighted by Gasteiger charge is -2.09. The molecule has 1 aromatic carbocycles. The maximum Gasteiger partial charge on any atom is 0.223 e. The summed E-state index contributed by atoms with van der Waals surface area (Å²) in [6.07, 6.45) is 0.342. The van der Waals surface area contributed by atoms with Crippen LogP contribution in [-0.4, -0.2) is 26.7 Å². The number of para-hydroxylation sites is 2. The lowest BCUT2D eigenvalue weighted by molar-refractivity contribution is -0.121. The van der Waals surface area contributed by atoms with E-state index >= 15 is 0 Å². The molecule has 0 radical (unpaired) electrons. The van der Waals surface area contributed by atoms with E-state index in [9.17, 15) is 4.79 Å². The third kappa shape index (κ3) is 3.50. The van der Waals surface area contributed by atoms with Crippen molar-refractivity contribution in [1.29, 1.82) is 0 Å². The predicted octanol–water partition coefficient (Wildman–Crippen LogP) is 1.21. The molecular weight excluding hydrogens is 194 g/mol. The largest absolute Gasteiger partial charge is 0.493 e. The highest BCUT2D eigenvalue weighted by Crippen LogP contribution is 2.25. The van der Waals surface area contributed by atoms with E-state index in [1.165, 1.54) is 0 Å². The summed E-state index contributed by atoms with van der Waals surface area (Å²) in [4.78, 5) is 10.9. The molecule has 1 N–H and O–H groups in total. The minimum absolute atomic E-state index is 0.0371. The first kappa shape index (κ1) is 11.4. The van der Waals surface area contributed by atoms with Crippen LogP contribution in [0.25, 0.3) is 0 Å². The van der Waals surface area contributed by atoms with Gasteiger partial charge >= 0.3 is 0 Å². The molecule has 1 aromatic rings. The quantitative estimate of drug-likeness (QED) is 0.793. The van der Waals surface area contributed by atoms with Crippen LogP contribution in [0, 0.1) is 0 Å². The van der Waals surface area contributed by atoms with Gasteiger partial charge in [0, 0.05) is 7.05 Å². The zero-order valence-corrected chi connectivity index (χ0v) is 8.95. The summed E-state index contributed by atoms with van der Waals surface area (Å²) in [5.41, 5.74) is 0. The van der Waals surface area contributed by atoms with Gasteiger partial charge in [-0.3, -0.25) is 4.79 Å². The van der Waals surface area contributed by atoms with E-state index in [0.717, 1.165) is 0 Å². The van der Waals surface area contributed by atoms with E-state index in [1.54, 1.807) is 14.2 Å². The second kappa shape index (κ2) is 5.90. The summed E-state index contributed by atoms with van der Waals surface area (Å²) in [6, 6.07) is 7.35. The Kier molecular flexibility index (Phi) is 4.47. The molecule has 0 aliphatic carbocycles. The first-order valence-corrected chi connectivity index (χ1v) is 4.74. The highest BCUT2D eigenvalue weighted by Gasteiger charge is 2.03. The van der Waals surface area contributed by atoms with Gasteiger partial charge in [0.25, 0.3) is 0 Å². The molecule has 0 fully saturated rings. The van der Waals surface area contributed by atoms with Crippen LogP contribution in [0.15, 0.2) is 24.3 Å². The number of carbonyl (C=O) groups excluding carboxylic acids is 1. The van der Waals surface area contributed by atoms with Crippen LogP contribution in [0.5, 0.6) is 11.5 Å². The summed E-state index contributed by atoms with van der Waals surface area (Å²) in [6.45, 7) is 0.347. The SMILES string of the molecule is CNC(=O)CCOc1ccccc1OC. The molecule has 0 aromatic heterocycles. The van der Waals surface area contributed by atoms with Gasteiger partial charge < -0.3 is 14.8 Å². The summed E-state index contributed by atoms with van der Waals surface area (Å²) in [5.74, 6) is 1.29. The molecular formula is C11H15NO3. The van der Waals surface area contributed by atoms with Gasteiger partial charge in [-0.25, -0.2) is 0 Å². The maximum absolute atomic E-state index is 10.9. The molecule has 0 bridgehead atoms. The van der Waals surface area contributed by atoms with E-state index in [4.69, 9.17) is 9.47 Å². The number of methoxy groups -OCH3 is 1. The number of rotatable bonds is 5. The number of amides is 1. The summed E-state index contributed by atoms with van der Waals surface area (Å²) in [5, 5.41) is 2.53. The molecule has 0 aliphatic rings. The number of benzene rings is 1. The monoisotopic (exact) mass is 209 g/mol. The third-order valence-corrected chi connectivity index (χ3v) is 1.93. The Bertz CT molecular complexity index is 325. The fourth-order valence-electron chi connectivity index (χ4n) is 1.12. The second-order valence-electron chi connectivity index (χ2n) is 2.92. The number of nitrogens with one attached hydrogen (secondary N) is 1. The smallest absolute Gasteiger partial charge is 0.223 e. The van der Waals surface area contributed by atoms with Gasteiger partial charge in [-0.1, -0.05) is 12.1 Å². The van der Waals surface area contributed by atoms with Gasteiger partial charge in [-0.2, -0.15) is 0 Å². The number of hydrogen-bond acceptors (Lipinski definition) is 3. The van der Waals surface area contributed by atoms with Gasteiger partial charge in [-0.05, 0) is 12.1 Å². The van der Waals surface area contributed by atoms with E-state index < -0.39 is 0 Å². The average molecular weight is 209 g/mol. The highest BCUT2D eigenvalue weighted by molar-refractivity contribution is 5.75. The Balaban J connectivity index is 2.46. The fourth-order valence-corrected chi connectivity index (χ4v) is 1.12. The molecule has 0 spiro atoms. The Morgan fingerprint density at radius 2 is 2.00 bits per heavy atom. The molecule has 1 amide bonds. The average Bonchev–Trinajstić information content (AvgIpc) is 2.29. The molecule has 4 heteroatoms. The molecule has 82 valence electrons. The minimum Gasteiger partial charge on any atom is -0.493 e. The van der Waals surface area contributed by atoms with E-state index in [-0.39, 0.29) is 5.91 Å². The van der Waals surface area contributed by atoms with Crippen molar-refractivity contribution in [2.45, 2.75) is 6.42 Å². The van der Waals surface area contributed by atoms with Crippen LogP contribution in [-0.2, 0) is 4.79 Å². The lowest BCUT2D eigenvalue weighted by atomic mass is 10.3. The molecule has 15 heavy (non-hydrogen) atoms. The van der Waals surface area contributed by atoms with Crippen molar-refractivity contribution in [3.8, 4) is 11.5 Å². The van der Waals surface area contributed by atoms with Crippen molar-refractivity contribution < 1.29 is 14.3 Å². The molecule has 0 heterocycles. The normalized spacial score (nSPS) is 9.47. The molecule has 1 rings (SSSR count). The van der Waals surface area contributed by atoms with Crippen LogP contribution in [0.1, 0.15) is 6.42 Å².